The molecule has 0 amide bonds. The first-order chi connectivity index (χ1) is 16.2. The molecule has 0 saturated heterocycles. The zero-order chi connectivity index (χ0) is 24.5. The summed E-state index contributed by atoms with van der Waals surface area (Å²) < 4.78 is 66.7. The molecule has 0 aliphatic heterocycles. The summed E-state index contributed by atoms with van der Waals surface area (Å²) in [5.41, 5.74) is 2.38. The number of hydrogen-bond donors (Lipinski definition) is 0. The molecule has 0 saturated carbocycles. The summed E-state index contributed by atoms with van der Waals surface area (Å²) in [4.78, 5) is 4.18. The first kappa shape index (κ1) is 24.3. The van der Waals surface area contributed by atoms with Crippen molar-refractivity contribution in [3.8, 4) is 22.6 Å². The summed E-state index contributed by atoms with van der Waals surface area (Å²) in [5, 5.41) is 1.11. The molecule has 1 heterocycles. The van der Waals surface area contributed by atoms with Crippen molar-refractivity contribution in [2.45, 2.75) is 17.6 Å². The molecule has 6 nitrogen and oxygen atoms in total. The highest BCUT2D eigenvalue weighted by atomic mass is 35.5. The second kappa shape index (κ2) is 9.79. The highest BCUT2D eigenvalue weighted by Crippen LogP contribution is 2.37. The van der Waals surface area contributed by atoms with E-state index in [1.165, 1.54) is 13.0 Å². The van der Waals surface area contributed by atoms with Crippen LogP contribution in [0.1, 0.15) is 12.5 Å². The first-order valence-corrected chi connectivity index (χ1v) is 13.4. The molecule has 10 heteroatoms. The van der Waals surface area contributed by atoms with Crippen LogP contribution in [-0.2, 0) is 26.7 Å². The Hall–Kier alpha value is -2.85. The van der Waals surface area contributed by atoms with E-state index in [1.54, 1.807) is 42.6 Å². The summed E-state index contributed by atoms with van der Waals surface area (Å²) in [6.07, 6.45) is 1.56. The smallest absolute Gasteiger partial charge is 0.178 e. The van der Waals surface area contributed by atoms with Gasteiger partial charge in [0.25, 0.3) is 0 Å². The fraction of sp³-hybridized carbons (Fsp3) is 0.125. The summed E-state index contributed by atoms with van der Waals surface area (Å²) >= 11 is 4.20. The number of halogens is 2. The monoisotopic (exact) mass is 518 g/mol. The van der Waals surface area contributed by atoms with E-state index in [2.05, 4.69) is 4.98 Å². The van der Waals surface area contributed by atoms with Gasteiger partial charge >= 0.3 is 0 Å². The zero-order valence-corrected chi connectivity index (χ0v) is 20.2. The van der Waals surface area contributed by atoms with E-state index in [9.17, 15) is 21.6 Å². The predicted molar refractivity (Wildman–Crippen MR) is 129 cm³/mol. The number of hydrogen-bond acceptors (Lipinski definition) is 6. The quantitative estimate of drug-likeness (QED) is 0.293. The van der Waals surface area contributed by atoms with Gasteiger partial charge < -0.3 is 9.29 Å². The van der Waals surface area contributed by atoms with Crippen molar-refractivity contribution in [2.75, 3.05) is 5.75 Å². The number of benzene rings is 3. The molecular weight excluding hydrogens is 501 g/mol. The maximum Gasteiger partial charge on any atom is 0.178 e. The SMILES string of the molecule is CCS(=O)(=O)c1cc(F)cc(Oc2ccc(Cl)c(-c3ccnc4c(CS(=O)[O-])cccc34)c2)c1. The van der Waals surface area contributed by atoms with Crippen LogP contribution in [-0.4, -0.2) is 27.9 Å². The molecule has 0 radical (unpaired) electrons. The van der Waals surface area contributed by atoms with Gasteiger partial charge in [0.05, 0.1) is 16.2 Å². The molecule has 1 aromatic heterocycles. The Kier molecular flexibility index (Phi) is 6.99. The molecule has 1 unspecified atom stereocenters. The fourth-order valence-corrected chi connectivity index (χ4v) is 5.20. The Bertz CT molecular complexity index is 1530. The molecule has 0 spiro atoms. The Labute approximate surface area is 203 Å². The van der Waals surface area contributed by atoms with Crippen LogP contribution >= 0.6 is 11.6 Å². The molecule has 0 N–H and O–H groups in total. The van der Waals surface area contributed by atoms with Crippen molar-refractivity contribution < 1.29 is 26.3 Å². The minimum absolute atomic E-state index is 0.0279. The van der Waals surface area contributed by atoms with Gasteiger partial charge in [-0.15, -0.1) is 0 Å². The molecule has 0 aliphatic rings. The molecule has 0 aliphatic carbocycles. The predicted octanol–water partition coefficient (Wildman–Crippen LogP) is 5.66. The molecule has 4 aromatic rings. The summed E-state index contributed by atoms with van der Waals surface area (Å²) in [5.74, 6) is -0.737. The van der Waals surface area contributed by atoms with E-state index in [-0.39, 0.29) is 22.2 Å². The van der Waals surface area contributed by atoms with Crippen LogP contribution in [0, 0.1) is 5.82 Å². The van der Waals surface area contributed by atoms with Gasteiger partial charge in [-0.3, -0.25) is 9.19 Å². The van der Waals surface area contributed by atoms with Crippen molar-refractivity contribution in [2.24, 2.45) is 0 Å². The van der Waals surface area contributed by atoms with E-state index in [0.717, 1.165) is 12.1 Å². The third-order valence-corrected chi connectivity index (χ3v) is 7.77. The molecule has 1 atom stereocenters. The van der Waals surface area contributed by atoms with E-state index in [1.807, 2.05) is 6.07 Å². The van der Waals surface area contributed by atoms with Crippen molar-refractivity contribution >= 4 is 43.4 Å². The minimum atomic E-state index is -3.62. The van der Waals surface area contributed by atoms with Crippen molar-refractivity contribution in [3.63, 3.8) is 0 Å². The lowest BCUT2D eigenvalue weighted by Gasteiger charge is -2.14. The Balaban J connectivity index is 1.78. The van der Waals surface area contributed by atoms with E-state index in [0.29, 0.717) is 38.4 Å². The Morgan fingerprint density at radius 2 is 1.85 bits per heavy atom. The van der Waals surface area contributed by atoms with E-state index >= 15 is 0 Å². The van der Waals surface area contributed by atoms with Crippen molar-refractivity contribution in [1.29, 1.82) is 0 Å². The Morgan fingerprint density at radius 1 is 1.06 bits per heavy atom. The second-order valence-electron chi connectivity index (χ2n) is 7.39. The number of para-hydroxylation sites is 1. The van der Waals surface area contributed by atoms with Crippen LogP contribution in [0.15, 0.2) is 71.8 Å². The van der Waals surface area contributed by atoms with Gasteiger partial charge in [-0.25, -0.2) is 12.8 Å². The van der Waals surface area contributed by atoms with Crippen LogP contribution < -0.4 is 4.74 Å². The second-order valence-corrected chi connectivity index (χ2v) is 11.0. The van der Waals surface area contributed by atoms with Gasteiger partial charge in [0, 0.05) is 34.0 Å². The van der Waals surface area contributed by atoms with Crippen molar-refractivity contribution in [3.05, 3.63) is 83.3 Å². The first-order valence-electron chi connectivity index (χ1n) is 10.1. The molecule has 4 rings (SSSR count). The van der Waals surface area contributed by atoms with Gasteiger partial charge in [-0.05, 0) is 47.5 Å². The van der Waals surface area contributed by atoms with Gasteiger partial charge in [-0.1, -0.05) is 47.8 Å². The molecule has 0 fully saturated rings. The van der Waals surface area contributed by atoms with Gasteiger partial charge in [0.1, 0.15) is 17.3 Å². The maximum absolute atomic E-state index is 14.1. The van der Waals surface area contributed by atoms with Crippen LogP contribution in [0.25, 0.3) is 22.0 Å². The Morgan fingerprint density at radius 3 is 2.59 bits per heavy atom. The standard InChI is InChI=1S/C24H19ClFNO5S2/c1-2-34(30,31)19-11-16(26)10-18(12-19)32-17-6-7-23(25)22(13-17)20-8-9-27-24-15(14-33(28)29)4-3-5-21(20)24/h3-13H,2,14H2,1H3,(H,28,29)/p-1. The zero-order valence-electron chi connectivity index (χ0n) is 17.8. The topological polar surface area (TPSA) is 96.4 Å². The van der Waals surface area contributed by atoms with Gasteiger partial charge in [0.15, 0.2) is 9.84 Å². The number of rotatable bonds is 7. The average Bonchev–Trinajstić information content (AvgIpc) is 2.79. The number of nitrogens with zero attached hydrogens (tertiary/aromatic N) is 1. The van der Waals surface area contributed by atoms with Gasteiger partial charge in [0.2, 0.25) is 0 Å². The lowest BCUT2D eigenvalue weighted by molar-refractivity contribution is 0.474. The van der Waals surface area contributed by atoms with Crippen LogP contribution in [0.2, 0.25) is 5.02 Å². The fourth-order valence-electron chi connectivity index (χ4n) is 3.57. The number of pyridine rings is 1. The number of sulfone groups is 1. The average molecular weight is 519 g/mol. The van der Waals surface area contributed by atoms with Crippen LogP contribution in [0.4, 0.5) is 4.39 Å². The lowest BCUT2D eigenvalue weighted by atomic mass is 9.99. The highest BCUT2D eigenvalue weighted by Gasteiger charge is 2.16. The molecule has 3 aromatic carbocycles. The maximum atomic E-state index is 14.1. The summed E-state index contributed by atoms with van der Waals surface area (Å²) in [6.45, 7) is 1.48. The number of fused-ring (bicyclic) bond motifs is 1. The third-order valence-electron chi connectivity index (χ3n) is 5.18. The molecule has 0 bridgehead atoms. The molecule has 176 valence electrons. The molecule has 34 heavy (non-hydrogen) atoms. The van der Waals surface area contributed by atoms with Gasteiger partial charge in [-0.2, -0.15) is 0 Å². The minimum Gasteiger partial charge on any atom is -0.772 e. The largest absolute Gasteiger partial charge is 0.772 e. The van der Waals surface area contributed by atoms with E-state index < -0.39 is 26.7 Å². The lowest BCUT2D eigenvalue weighted by Crippen LogP contribution is -2.04. The van der Waals surface area contributed by atoms with Crippen molar-refractivity contribution in [1.82, 2.24) is 4.98 Å². The highest BCUT2D eigenvalue weighted by molar-refractivity contribution is 7.91. The normalized spacial score (nSPS) is 12.6. The van der Waals surface area contributed by atoms with Crippen LogP contribution in [0.3, 0.4) is 0 Å². The van der Waals surface area contributed by atoms with Crippen LogP contribution in [0.5, 0.6) is 11.5 Å². The van der Waals surface area contributed by atoms with E-state index in [4.69, 9.17) is 16.3 Å². The summed E-state index contributed by atoms with van der Waals surface area (Å²) in [6, 6.07) is 15.2. The third kappa shape index (κ3) is 5.12. The summed E-state index contributed by atoms with van der Waals surface area (Å²) in [7, 11) is -3.62. The number of ether oxygens (including phenoxy) is 1. The number of aromatic nitrogens is 1. The molecular formula is C24H18ClFNO5S2-.